The summed E-state index contributed by atoms with van der Waals surface area (Å²) in [5, 5.41) is 62.5. The summed E-state index contributed by atoms with van der Waals surface area (Å²) in [5.74, 6) is -0.921. The number of fused-ring (bicyclic) bond motifs is 2. The smallest absolute Gasteiger partial charge is 0.228 e. The Bertz CT molecular complexity index is 864. The quantitative estimate of drug-likeness (QED) is 0.326. The lowest BCUT2D eigenvalue weighted by Gasteiger charge is -2.40. The van der Waals surface area contributed by atoms with Gasteiger partial charge in [0.1, 0.15) is 30.0 Å². The van der Waals surface area contributed by atoms with Crippen LogP contribution in [-0.4, -0.2) is 85.4 Å². The minimum atomic E-state index is -1.80. The SMILES string of the molecule is C/C1=C\[C@@H]2[C@H](CC/C(O[C@@H]3O[C@H](CO)[C@@H](O)[C@H](O)[C@H]3O)=C/[C@H]3[C@@H](O)[C@@H](C)C[C@]3(O)C1=O)C2(C)C. The lowest BCUT2D eigenvalue weighted by atomic mass is 9.82. The van der Waals surface area contributed by atoms with Gasteiger partial charge in [-0.05, 0) is 54.6 Å². The van der Waals surface area contributed by atoms with Gasteiger partial charge in [0.25, 0.3) is 0 Å². The number of hydrogen-bond acceptors (Lipinski definition) is 9. The van der Waals surface area contributed by atoms with Crippen LogP contribution in [-0.2, 0) is 14.3 Å². The van der Waals surface area contributed by atoms with Crippen LogP contribution in [0.3, 0.4) is 0 Å². The Morgan fingerprint density at radius 1 is 1.06 bits per heavy atom. The first-order valence-electron chi connectivity index (χ1n) is 12.1. The molecule has 1 aliphatic heterocycles. The van der Waals surface area contributed by atoms with Crippen molar-refractivity contribution in [3.63, 3.8) is 0 Å². The maximum Gasteiger partial charge on any atom is 0.228 e. The highest BCUT2D eigenvalue weighted by Gasteiger charge is 2.58. The van der Waals surface area contributed by atoms with Gasteiger partial charge in [-0.2, -0.15) is 0 Å². The monoisotopic (exact) mass is 482 g/mol. The molecule has 1 heterocycles. The topological polar surface area (TPSA) is 157 Å². The first-order valence-corrected chi connectivity index (χ1v) is 12.1. The molecule has 3 aliphatic carbocycles. The summed E-state index contributed by atoms with van der Waals surface area (Å²) in [6.07, 6.45) is -3.47. The fraction of sp³-hybridized carbons (Fsp3) is 0.800. The Morgan fingerprint density at radius 3 is 2.38 bits per heavy atom. The molecule has 2 saturated carbocycles. The van der Waals surface area contributed by atoms with E-state index in [0.29, 0.717) is 24.2 Å². The zero-order valence-electron chi connectivity index (χ0n) is 20.2. The summed E-state index contributed by atoms with van der Waals surface area (Å²) in [7, 11) is 0. The van der Waals surface area contributed by atoms with Gasteiger partial charge < -0.3 is 40.1 Å². The van der Waals surface area contributed by atoms with Gasteiger partial charge in [-0.25, -0.2) is 0 Å². The molecule has 0 aromatic carbocycles. The van der Waals surface area contributed by atoms with E-state index in [0.717, 1.165) is 0 Å². The van der Waals surface area contributed by atoms with Gasteiger partial charge >= 0.3 is 0 Å². The van der Waals surface area contributed by atoms with Crippen LogP contribution < -0.4 is 0 Å². The predicted octanol–water partition coefficient (Wildman–Crippen LogP) is 0.0162. The number of allylic oxidation sites excluding steroid dienone is 2. The van der Waals surface area contributed by atoms with Crippen molar-refractivity contribution in [1.29, 1.82) is 0 Å². The second-order valence-corrected chi connectivity index (χ2v) is 11.2. The highest BCUT2D eigenvalue weighted by molar-refractivity contribution is 6.02. The van der Waals surface area contributed by atoms with Gasteiger partial charge in [0, 0.05) is 12.3 Å². The molecule has 11 atom stereocenters. The third-order valence-electron chi connectivity index (χ3n) is 8.64. The van der Waals surface area contributed by atoms with Gasteiger partial charge in [0.2, 0.25) is 6.29 Å². The number of rotatable bonds is 3. The van der Waals surface area contributed by atoms with Gasteiger partial charge in [-0.15, -0.1) is 0 Å². The van der Waals surface area contributed by atoms with E-state index in [9.17, 15) is 35.4 Å². The molecule has 6 N–H and O–H groups in total. The Morgan fingerprint density at radius 2 is 1.74 bits per heavy atom. The molecule has 0 unspecified atom stereocenters. The van der Waals surface area contributed by atoms with Gasteiger partial charge in [-0.1, -0.05) is 26.8 Å². The number of carbonyl (C=O) groups excluding carboxylic acids is 1. The van der Waals surface area contributed by atoms with Gasteiger partial charge in [0.15, 0.2) is 5.78 Å². The summed E-state index contributed by atoms with van der Waals surface area (Å²) in [6, 6.07) is 0. The van der Waals surface area contributed by atoms with Crippen LogP contribution in [0.2, 0.25) is 0 Å². The van der Waals surface area contributed by atoms with Crippen LogP contribution in [0.25, 0.3) is 0 Å². The van der Waals surface area contributed by atoms with Crippen LogP contribution >= 0.6 is 0 Å². The predicted molar refractivity (Wildman–Crippen MR) is 120 cm³/mol. The van der Waals surface area contributed by atoms with Gasteiger partial charge in [-0.3, -0.25) is 4.79 Å². The van der Waals surface area contributed by atoms with E-state index < -0.39 is 60.7 Å². The Labute approximate surface area is 199 Å². The van der Waals surface area contributed by atoms with E-state index in [2.05, 4.69) is 13.8 Å². The average molecular weight is 483 g/mol. The molecule has 34 heavy (non-hydrogen) atoms. The molecule has 9 heteroatoms. The molecule has 0 radical (unpaired) electrons. The maximum absolute atomic E-state index is 13.4. The second kappa shape index (κ2) is 8.96. The Hall–Kier alpha value is -1.33. The standard InChI is InChI=1S/C25H38O9/c1-11-7-15-14(24(15,3)4)6-5-13(8-16-18(27)12(2)9-25(16,32)22(11)31)33-23-21(30)20(29)19(28)17(10-26)34-23/h7-8,12,14-21,23,26-30,32H,5-6,9-10H2,1-4H3/b11-7+,13-8-/t12-,14-,15+,16-,17+,18-,19+,20-,21+,23+,25+/m0/s1. The summed E-state index contributed by atoms with van der Waals surface area (Å²) in [4.78, 5) is 13.4. The van der Waals surface area contributed by atoms with E-state index >= 15 is 0 Å². The van der Waals surface area contributed by atoms with Crippen LogP contribution in [0.1, 0.15) is 47.0 Å². The molecule has 4 rings (SSSR count). The van der Waals surface area contributed by atoms with Crippen molar-refractivity contribution in [2.45, 2.75) is 89.4 Å². The number of aliphatic hydroxyl groups is 6. The number of carbonyl (C=O) groups is 1. The molecule has 0 aromatic heterocycles. The van der Waals surface area contributed by atoms with E-state index in [1.54, 1.807) is 19.9 Å². The van der Waals surface area contributed by atoms with Crippen molar-refractivity contribution in [3.8, 4) is 0 Å². The fourth-order valence-corrected chi connectivity index (χ4v) is 6.21. The molecule has 0 bridgehead atoms. The molecular weight excluding hydrogens is 444 g/mol. The van der Waals surface area contributed by atoms with Crippen molar-refractivity contribution in [3.05, 3.63) is 23.5 Å². The fourth-order valence-electron chi connectivity index (χ4n) is 6.21. The zero-order valence-corrected chi connectivity index (χ0v) is 20.2. The normalized spacial score (nSPS) is 51.8. The minimum absolute atomic E-state index is 0.0283. The zero-order chi connectivity index (χ0) is 25.2. The third kappa shape index (κ3) is 4.15. The molecule has 0 amide bonds. The number of ketones is 1. The average Bonchev–Trinajstić information content (AvgIpc) is 3.22. The van der Waals surface area contributed by atoms with Crippen LogP contribution in [0, 0.1) is 29.1 Å². The van der Waals surface area contributed by atoms with E-state index in [-0.39, 0.29) is 29.6 Å². The highest BCUT2D eigenvalue weighted by Crippen LogP contribution is 2.62. The number of aliphatic hydroxyl groups excluding tert-OH is 5. The van der Waals surface area contributed by atoms with Crippen molar-refractivity contribution >= 4 is 5.78 Å². The number of hydrogen-bond donors (Lipinski definition) is 6. The van der Waals surface area contributed by atoms with Crippen LogP contribution in [0.4, 0.5) is 0 Å². The lowest BCUT2D eigenvalue weighted by Crippen LogP contribution is -2.59. The maximum atomic E-state index is 13.4. The van der Waals surface area contributed by atoms with Gasteiger partial charge in [0.05, 0.1) is 18.5 Å². The number of ether oxygens (including phenoxy) is 2. The summed E-state index contributed by atoms with van der Waals surface area (Å²) >= 11 is 0. The third-order valence-corrected chi connectivity index (χ3v) is 8.64. The summed E-state index contributed by atoms with van der Waals surface area (Å²) < 4.78 is 11.5. The lowest BCUT2D eigenvalue weighted by molar-refractivity contribution is -0.292. The molecule has 192 valence electrons. The van der Waals surface area contributed by atoms with Crippen molar-refractivity contribution in [2.24, 2.45) is 29.1 Å². The van der Waals surface area contributed by atoms with E-state index in [1.807, 2.05) is 6.08 Å². The van der Waals surface area contributed by atoms with Crippen molar-refractivity contribution < 1.29 is 44.9 Å². The molecule has 3 fully saturated rings. The second-order valence-electron chi connectivity index (χ2n) is 11.2. The first kappa shape index (κ1) is 25.8. The largest absolute Gasteiger partial charge is 0.467 e. The highest BCUT2D eigenvalue weighted by atomic mass is 16.7. The molecule has 0 spiro atoms. The van der Waals surface area contributed by atoms with Crippen molar-refractivity contribution in [2.75, 3.05) is 6.61 Å². The molecular formula is C25H38O9. The summed E-state index contributed by atoms with van der Waals surface area (Å²) in [5.41, 5.74) is -1.34. The molecule has 1 saturated heterocycles. The molecule has 4 aliphatic rings. The Balaban J connectivity index is 1.69. The first-order chi connectivity index (χ1) is 15.8. The number of Topliss-reactive ketones (excluding diaryl/α,β-unsaturated/α-hetero) is 1. The molecule has 0 aromatic rings. The molecule has 9 nitrogen and oxygen atoms in total. The van der Waals surface area contributed by atoms with Crippen LogP contribution in [0.15, 0.2) is 23.5 Å². The Kier molecular flexibility index (Phi) is 6.78. The van der Waals surface area contributed by atoms with E-state index in [4.69, 9.17) is 9.47 Å². The summed E-state index contributed by atoms with van der Waals surface area (Å²) in [6.45, 7) is 7.16. The van der Waals surface area contributed by atoms with Crippen molar-refractivity contribution in [1.82, 2.24) is 0 Å². The van der Waals surface area contributed by atoms with Crippen LogP contribution in [0.5, 0.6) is 0 Å². The minimum Gasteiger partial charge on any atom is -0.467 e. The van der Waals surface area contributed by atoms with E-state index in [1.165, 1.54) is 0 Å².